The van der Waals surface area contributed by atoms with E-state index in [4.69, 9.17) is 17.3 Å². The molecule has 0 atom stereocenters. The lowest BCUT2D eigenvalue weighted by Crippen LogP contribution is -2.05. The van der Waals surface area contributed by atoms with Gasteiger partial charge in [0.15, 0.2) is 5.78 Å². The van der Waals surface area contributed by atoms with Crippen LogP contribution in [0.15, 0.2) is 61.2 Å². The van der Waals surface area contributed by atoms with E-state index in [2.05, 4.69) is 4.98 Å². The van der Waals surface area contributed by atoms with Gasteiger partial charge in [0.05, 0.1) is 5.56 Å². The maximum absolute atomic E-state index is 12.4. The van der Waals surface area contributed by atoms with E-state index in [1.165, 1.54) is 6.20 Å². The number of carbonyl (C=O) groups is 1. The van der Waals surface area contributed by atoms with Crippen LogP contribution in [0.2, 0.25) is 5.02 Å². The van der Waals surface area contributed by atoms with Crippen LogP contribution in [0, 0.1) is 0 Å². The fraction of sp³-hybridized carbons (Fsp3) is 0.0588. The molecule has 0 amide bonds. The highest BCUT2D eigenvalue weighted by molar-refractivity contribution is 6.30. The summed E-state index contributed by atoms with van der Waals surface area (Å²) < 4.78 is 1.94. The molecule has 0 aliphatic rings. The van der Waals surface area contributed by atoms with Crippen LogP contribution in [0.5, 0.6) is 0 Å². The van der Waals surface area contributed by atoms with Crippen molar-refractivity contribution in [1.29, 1.82) is 0 Å². The third-order valence-electron chi connectivity index (χ3n) is 3.37. The highest BCUT2D eigenvalue weighted by atomic mass is 35.5. The van der Waals surface area contributed by atoms with Crippen LogP contribution in [-0.4, -0.2) is 15.3 Å². The van der Waals surface area contributed by atoms with Gasteiger partial charge in [0.2, 0.25) is 0 Å². The molecule has 0 radical (unpaired) electrons. The van der Waals surface area contributed by atoms with Crippen LogP contribution in [0.4, 0.5) is 5.69 Å². The molecule has 0 bridgehead atoms. The molecule has 0 aliphatic heterocycles. The first-order chi connectivity index (χ1) is 10.6. The van der Waals surface area contributed by atoms with Gasteiger partial charge in [0, 0.05) is 47.6 Å². The first kappa shape index (κ1) is 14.4. The lowest BCUT2D eigenvalue weighted by molar-refractivity contribution is 0.103. The predicted octanol–water partition coefficient (Wildman–Crippen LogP) is 3.40. The van der Waals surface area contributed by atoms with Crippen molar-refractivity contribution >= 4 is 23.1 Å². The second-order valence-corrected chi connectivity index (χ2v) is 5.43. The average molecular weight is 312 g/mol. The Morgan fingerprint density at radius 1 is 1.27 bits per heavy atom. The summed E-state index contributed by atoms with van der Waals surface area (Å²) in [7, 11) is 0. The minimum atomic E-state index is -0.129. The van der Waals surface area contributed by atoms with Gasteiger partial charge < -0.3 is 10.3 Å². The standard InChI is InChI=1S/C17H14ClN3O/c18-14-3-1-2-12(8-14)10-21-7-5-13(11-21)17(22)15-9-20-6-4-16(15)19/h1-9,11H,10H2,(H2,19,20). The van der Waals surface area contributed by atoms with Crippen LogP contribution in [-0.2, 0) is 6.54 Å². The van der Waals surface area contributed by atoms with E-state index in [9.17, 15) is 4.79 Å². The number of halogens is 1. The van der Waals surface area contributed by atoms with Gasteiger partial charge in [0.25, 0.3) is 0 Å². The summed E-state index contributed by atoms with van der Waals surface area (Å²) in [4.78, 5) is 16.4. The molecule has 5 heteroatoms. The third-order valence-corrected chi connectivity index (χ3v) is 3.60. The summed E-state index contributed by atoms with van der Waals surface area (Å²) in [5.41, 5.74) is 8.33. The number of carbonyl (C=O) groups excluding carboxylic acids is 1. The van der Waals surface area contributed by atoms with Gasteiger partial charge in [-0.05, 0) is 29.8 Å². The highest BCUT2D eigenvalue weighted by Gasteiger charge is 2.13. The molecule has 0 fully saturated rings. The lowest BCUT2D eigenvalue weighted by atomic mass is 10.1. The topological polar surface area (TPSA) is 60.9 Å². The number of anilines is 1. The van der Waals surface area contributed by atoms with Crippen molar-refractivity contribution in [3.63, 3.8) is 0 Å². The Balaban J connectivity index is 1.82. The van der Waals surface area contributed by atoms with Crippen molar-refractivity contribution in [3.05, 3.63) is 82.9 Å². The minimum absolute atomic E-state index is 0.129. The zero-order valence-electron chi connectivity index (χ0n) is 11.7. The maximum Gasteiger partial charge on any atom is 0.198 e. The van der Waals surface area contributed by atoms with Gasteiger partial charge in [-0.25, -0.2) is 0 Å². The van der Waals surface area contributed by atoms with E-state index in [0.717, 1.165) is 5.56 Å². The zero-order chi connectivity index (χ0) is 15.5. The Morgan fingerprint density at radius 2 is 2.14 bits per heavy atom. The number of ketones is 1. The summed E-state index contributed by atoms with van der Waals surface area (Å²) in [5, 5.41) is 0.698. The molecule has 1 aromatic carbocycles. The number of pyridine rings is 1. The monoisotopic (exact) mass is 311 g/mol. The van der Waals surface area contributed by atoms with Gasteiger partial charge in [-0.1, -0.05) is 23.7 Å². The SMILES string of the molecule is Nc1ccncc1C(=O)c1ccn(Cc2cccc(Cl)c2)c1. The molecule has 2 heterocycles. The molecule has 2 aromatic heterocycles. The fourth-order valence-corrected chi connectivity index (χ4v) is 2.48. The molecule has 22 heavy (non-hydrogen) atoms. The number of aromatic nitrogens is 2. The first-order valence-electron chi connectivity index (χ1n) is 6.78. The Labute approximate surface area is 133 Å². The van der Waals surface area contributed by atoms with Crippen molar-refractivity contribution < 1.29 is 4.79 Å². The third kappa shape index (κ3) is 3.02. The smallest absolute Gasteiger partial charge is 0.198 e. The molecule has 0 aliphatic carbocycles. The van der Waals surface area contributed by atoms with Crippen molar-refractivity contribution in [3.8, 4) is 0 Å². The molecule has 2 N–H and O–H groups in total. The number of nitrogens with two attached hydrogens (primary N) is 1. The summed E-state index contributed by atoms with van der Waals surface area (Å²) in [6, 6.07) is 11.0. The minimum Gasteiger partial charge on any atom is -0.398 e. The van der Waals surface area contributed by atoms with E-state index in [1.54, 1.807) is 24.5 Å². The van der Waals surface area contributed by atoms with E-state index in [-0.39, 0.29) is 5.78 Å². The second kappa shape index (κ2) is 6.03. The molecule has 3 aromatic rings. The van der Waals surface area contributed by atoms with Crippen LogP contribution < -0.4 is 5.73 Å². The number of hydrogen-bond acceptors (Lipinski definition) is 3. The molecule has 3 rings (SSSR count). The van der Waals surface area contributed by atoms with Crippen molar-refractivity contribution in [2.75, 3.05) is 5.73 Å². The van der Waals surface area contributed by atoms with Crippen LogP contribution in [0.25, 0.3) is 0 Å². The first-order valence-corrected chi connectivity index (χ1v) is 7.16. The number of rotatable bonds is 4. The van der Waals surface area contributed by atoms with Gasteiger partial charge >= 0.3 is 0 Å². The van der Waals surface area contributed by atoms with E-state index in [0.29, 0.717) is 28.4 Å². The Kier molecular flexibility index (Phi) is 3.94. The quantitative estimate of drug-likeness (QED) is 0.751. The Hall–Kier alpha value is -2.59. The van der Waals surface area contributed by atoms with Crippen molar-refractivity contribution in [2.45, 2.75) is 6.54 Å². The summed E-state index contributed by atoms with van der Waals surface area (Å²) in [6.07, 6.45) is 6.72. The normalized spacial score (nSPS) is 10.6. The highest BCUT2D eigenvalue weighted by Crippen LogP contribution is 2.17. The predicted molar refractivity (Wildman–Crippen MR) is 87.1 cm³/mol. The number of hydrogen-bond donors (Lipinski definition) is 1. The number of nitrogens with zero attached hydrogens (tertiary/aromatic N) is 2. The van der Waals surface area contributed by atoms with Crippen molar-refractivity contribution in [2.24, 2.45) is 0 Å². The summed E-state index contributed by atoms with van der Waals surface area (Å²) in [6.45, 7) is 0.649. The fourth-order valence-electron chi connectivity index (χ4n) is 2.27. The Bertz CT molecular complexity index is 826. The average Bonchev–Trinajstić information content (AvgIpc) is 2.95. The van der Waals surface area contributed by atoms with Crippen LogP contribution in [0.1, 0.15) is 21.5 Å². The van der Waals surface area contributed by atoms with Gasteiger partial charge in [-0.15, -0.1) is 0 Å². The summed E-state index contributed by atoms with van der Waals surface area (Å²) in [5.74, 6) is -0.129. The largest absolute Gasteiger partial charge is 0.398 e. The molecule has 0 saturated carbocycles. The van der Waals surface area contributed by atoms with Gasteiger partial charge in [-0.2, -0.15) is 0 Å². The summed E-state index contributed by atoms with van der Waals surface area (Å²) >= 11 is 5.98. The van der Waals surface area contributed by atoms with E-state index in [1.807, 2.05) is 35.0 Å². The number of benzene rings is 1. The van der Waals surface area contributed by atoms with Crippen LogP contribution in [0.3, 0.4) is 0 Å². The van der Waals surface area contributed by atoms with Gasteiger partial charge in [0.1, 0.15) is 0 Å². The molecule has 110 valence electrons. The zero-order valence-corrected chi connectivity index (χ0v) is 12.5. The van der Waals surface area contributed by atoms with E-state index >= 15 is 0 Å². The van der Waals surface area contributed by atoms with Crippen LogP contribution >= 0.6 is 11.6 Å². The van der Waals surface area contributed by atoms with Crippen molar-refractivity contribution in [1.82, 2.24) is 9.55 Å². The molecular formula is C17H14ClN3O. The molecule has 0 unspecified atom stereocenters. The molecular weight excluding hydrogens is 298 g/mol. The maximum atomic E-state index is 12.4. The molecule has 0 saturated heterocycles. The Morgan fingerprint density at radius 3 is 2.91 bits per heavy atom. The molecule has 0 spiro atoms. The second-order valence-electron chi connectivity index (χ2n) is 4.99. The molecule has 4 nitrogen and oxygen atoms in total. The van der Waals surface area contributed by atoms with E-state index < -0.39 is 0 Å². The lowest BCUT2D eigenvalue weighted by Gasteiger charge is -2.04. The van der Waals surface area contributed by atoms with Gasteiger partial charge in [-0.3, -0.25) is 9.78 Å². The number of nitrogen functional groups attached to an aromatic ring is 1.